The van der Waals surface area contributed by atoms with Gasteiger partial charge in [-0.25, -0.2) is 4.98 Å². The lowest BCUT2D eigenvalue weighted by Crippen LogP contribution is -2.51. The molecule has 1 aromatic rings. The Morgan fingerprint density at radius 2 is 2.38 bits per heavy atom. The summed E-state index contributed by atoms with van der Waals surface area (Å²) in [5.41, 5.74) is 2.55. The van der Waals surface area contributed by atoms with Gasteiger partial charge in [0, 0.05) is 19.3 Å². The van der Waals surface area contributed by atoms with Crippen molar-refractivity contribution in [3.8, 4) is 0 Å². The van der Waals surface area contributed by atoms with Gasteiger partial charge in [-0.3, -0.25) is 0 Å². The van der Waals surface area contributed by atoms with Gasteiger partial charge >= 0.3 is 0 Å². The molecule has 1 fully saturated rings. The van der Waals surface area contributed by atoms with Gasteiger partial charge in [-0.05, 0) is 37.3 Å². The van der Waals surface area contributed by atoms with Gasteiger partial charge in [0.15, 0.2) is 5.82 Å². The van der Waals surface area contributed by atoms with Crippen LogP contribution in [0, 0.1) is 12.8 Å². The quantitative estimate of drug-likeness (QED) is 0.723. The van der Waals surface area contributed by atoms with Crippen molar-refractivity contribution >= 4 is 11.5 Å². The van der Waals surface area contributed by atoms with E-state index >= 15 is 0 Å². The van der Waals surface area contributed by atoms with Crippen molar-refractivity contribution < 1.29 is 0 Å². The fourth-order valence-electron chi connectivity index (χ4n) is 3.01. The van der Waals surface area contributed by atoms with E-state index in [2.05, 4.69) is 35.1 Å². The molecule has 0 aliphatic carbocycles. The van der Waals surface area contributed by atoms with Gasteiger partial charge in [0.1, 0.15) is 0 Å². The Kier molecular flexibility index (Phi) is 2.27. The predicted molar refractivity (Wildman–Crippen MR) is 67.0 cm³/mol. The Labute approximate surface area is 96.9 Å². The van der Waals surface area contributed by atoms with Crippen LogP contribution in [0.3, 0.4) is 0 Å². The van der Waals surface area contributed by atoms with Crippen molar-refractivity contribution in [3.63, 3.8) is 0 Å². The lowest BCUT2D eigenvalue weighted by Gasteiger charge is -2.45. The number of pyridine rings is 1. The van der Waals surface area contributed by atoms with E-state index in [-0.39, 0.29) is 0 Å². The standard InChI is InChI=1S/C13H19N3/c1-9-4-3-7-16-11(9)8-15-12-10(2)5-6-14-13(12)16/h5-6,9,11,15H,3-4,7-8H2,1-2H3. The number of nitrogens with zero attached hydrogens (tertiary/aromatic N) is 2. The molecule has 2 atom stereocenters. The zero-order valence-electron chi connectivity index (χ0n) is 10.0. The largest absolute Gasteiger partial charge is 0.380 e. The first-order chi connectivity index (χ1) is 7.77. The highest BCUT2D eigenvalue weighted by Gasteiger charge is 2.34. The van der Waals surface area contributed by atoms with E-state index in [1.54, 1.807) is 0 Å². The number of rotatable bonds is 0. The number of hydrogen-bond donors (Lipinski definition) is 1. The molecular formula is C13H19N3. The van der Waals surface area contributed by atoms with Gasteiger partial charge in [-0.15, -0.1) is 0 Å². The molecule has 0 aromatic carbocycles. The van der Waals surface area contributed by atoms with Crippen LogP contribution in [0.15, 0.2) is 12.3 Å². The van der Waals surface area contributed by atoms with E-state index in [4.69, 9.17) is 0 Å². The summed E-state index contributed by atoms with van der Waals surface area (Å²) in [5, 5.41) is 3.56. The molecule has 3 rings (SSSR count). The van der Waals surface area contributed by atoms with Crippen LogP contribution in [0.5, 0.6) is 0 Å². The van der Waals surface area contributed by atoms with Crippen LogP contribution >= 0.6 is 0 Å². The SMILES string of the molecule is Cc1ccnc2c1NCC1C(C)CCCN21. The van der Waals surface area contributed by atoms with Crippen LogP contribution in [0.25, 0.3) is 0 Å². The molecule has 0 bridgehead atoms. The number of fused-ring (bicyclic) bond motifs is 3. The maximum atomic E-state index is 4.56. The molecule has 0 radical (unpaired) electrons. The second-order valence-corrected chi connectivity index (χ2v) is 5.09. The molecule has 1 N–H and O–H groups in total. The smallest absolute Gasteiger partial charge is 0.152 e. The molecule has 2 aliphatic heterocycles. The van der Waals surface area contributed by atoms with Crippen LogP contribution in [-0.2, 0) is 0 Å². The Bertz CT molecular complexity index is 402. The van der Waals surface area contributed by atoms with E-state index < -0.39 is 0 Å². The first-order valence-electron chi connectivity index (χ1n) is 6.23. The van der Waals surface area contributed by atoms with Crippen LogP contribution in [0.4, 0.5) is 11.5 Å². The highest BCUT2D eigenvalue weighted by atomic mass is 15.3. The average molecular weight is 217 g/mol. The number of piperidine rings is 1. The zero-order valence-corrected chi connectivity index (χ0v) is 10.0. The van der Waals surface area contributed by atoms with Crippen LogP contribution in [-0.4, -0.2) is 24.1 Å². The van der Waals surface area contributed by atoms with Crippen LogP contribution < -0.4 is 10.2 Å². The van der Waals surface area contributed by atoms with E-state index in [0.29, 0.717) is 6.04 Å². The van der Waals surface area contributed by atoms with Crippen molar-refractivity contribution in [1.82, 2.24) is 4.98 Å². The molecule has 2 aliphatic rings. The molecule has 86 valence electrons. The third-order valence-corrected chi connectivity index (χ3v) is 4.01. The Morgan fingerprint density at radius 3 is 3.25 bits per heavy atom. The zero-order chi connectivity index (χ0) is 11.1. The Hall–Kier alpha value is -1.25. The molecule has 0 saturated carbocycles. The molecule has 0 amide bonds. The van der Waals surface area contributed by atoms with Gasteiger partial charge in [-0.2, -0.15) is 0 Å². The first-order valence-corrected chi connectivity index (χ1v) is 6.23. The predicted octanol–water partition coefficient (Wildman–Crippen LogP) is 2.42. The minimum atomic E-state index is 0.635. The molecule has 3 nitrogen and oxygen atoms in total. The van der Waals surface area contributed by atoms with Crippen LogP contribution in [0.1, 0.15) is 25.3 Å². The minimum absolute atomic E-state index is 0.635. The molecule has 0 spiro atoms. The van der Waals surface area contributed by atoms with E-state index in [1.807, 2.05) is 6.20 Å². The highest BCUT2D eigenvalue weighted by Crippen LogP contribution is 2.37. The van der Waals surface area contributed by atoms with Gasteiger partial charge in [0.05, 0.1) is 11.7 Å². The summed E-state index contributed by atoms with van der Waals surface area (Å²) in [6, 6.07) is 2.72. The summed E-state index contributed by atoms with van der Waals surface area (Å²) in [7, 11) is 0. The van der Waals surface area contributed by atoms with Crippen molar-refractivity contribution in [3.05, 3.63) is 17.8 Å². The maximum absolute atomic E-state index is 4.56. The molecule has 2 unspecified atom stereocenters. The molecule has 1 aromatic heterocycles. The summed E-state index contributed by atoms with van der Waals surface area (Å²) >= 11 is 0. The van der Waals surface area contributed by atoms with Gasteiger partial charge in [0.25, 0.3) is 0 Å². The Morgan fingerprint density at radius 1 is 1.50 bits per heavy atom. The minimum Gasteiger partial charge on any atom is -0.380 e. The van der Waals surface area contributed by atoms with Crippen molar-refractivity contribution in [1.29, 1.82) is 0 Å². The lowest BCUT2D eigenvalue weighted by atomic mass is 9.89. The number of anilines is 2. The van der Waals surface area contributed by atoms with E-state index in [0.717, 1.165) is 12.5 Å². The summed E-state index contributed by atoms with van der Waals surface area (Å²) in [5.74, 6) is 1.94. The monoisotopic (exact) mass is 217 g/mol. The van der Waals surface area contributed by atoms with Gasteiger partial charge < -0.3 is 10.2 Å². The summed E-state index contributed by atoms with van der Waals surface area (Å²) in [4.78, 5) is 7.07. The third kappa shape index (κ3) is 1.38. The molecule has 1 saturated heterocycles. The van der Waals surface area contributed by atoms with Crippen LogP contribution in [0.2, 0.25) is 0 Å². The number of aryl methyl sites for hydroxylation is 1. The van der Waals surface area contributed by atoms with E-state index in [1.165, 1.54) is 36.5 Å². The fourth-order valence-corrected chi connectivity index (χ4v) is 3.01. The number of hydrogen-bond acceptors (Lipinski definition) is 3. The summed E-state index contributed by atoms with van der Waals surface area (Å²) < 4.78 is 0. The maximum Gasteiger partial charge on any atom is 0.152 e. The van der Waals surface area contributed by atoms with Crippen molar-refractivity contribution in [2.75, 3.05) is 23.3 Å². The number of nitrogens with one attached hydrogen (secondary N) is 1. The number of aromatic nitrogens is 1. The molecule has 16 heavy (non-hydrogen) atoms. The molecule has 3 heterocycles. The third-order valence-electron chi connectivity index (χ3n) is 4.01. The average Bonchev–Trinajstić information content (AvgIpc) is 2.30. The second-order valence-electron chi connectivity index (χ2n) is 5.09. The van der Waals surface area contributed by atoms with Gasteiger partial charge in [0.2, 0.25) is 0 Å². The summed E-state index contributed by atoms with van der Waals surface area (Å²) in [6.07, 6.45) is 4.58. The first kappa shape index (κ1) is 9.94. The highest BCUT2D eigenvalue weighted by molar-refractivity contribution is 5.72. The second kappa shape index (κ2) is 3.65. The fraction of sp³-hybridized carbons (Fsp3) is 0.615. The topological polar surface area (TPSA) is 28.2 Å². The van der Waals surface area contributed by atoms with E-state index in [9.17, 15) is 0 Å². The van der Waals surface area contributed by atoms with Crippen molar-refractivity contribution in [2.24, 2.45) is 5.92 Å². The van der Waals surface area contributed by atoms with Crippen molar-refractivity contribution in [2.45, 2.75) is 32.7 Å². The summed E-state index contributed by atoms with van der Waals surface area (Å²) in [6.45, 7) is 6.75. The normalized spacial score (nSPS) is 28.0. The molecular weight excluding hydrogens is 198 g/mol. The lowest BCUT2D eigenvalue weighted by molar-refractivity contribution is 0.348. The Balaban J connectivity index is 2.02. The molecule has 3 heteroatoms. The van der Waals surface area contributed by atoms with Gasteiger partial charge in [-0.1, -0.05) is 6.92 Å².